The molecule has 0 spiro atoms. The van der Waals surface area contributed by atoms with Crippen LogP contribution in [-0.2, 0) is 26.2 Å². The number of anilines is 1. The molecular weight excluding hydrogens is 581 g/mol. The van der Waals surface area contributed by atoms with Crippen molar-refractivity contribution in [2.45, 2.75) is 64.1 Å². The zero-order chi connectivity index (χ0) is 30.9. The Hall–Kier alpha value is -3.63. The molecular formula is C31H37ClFN3O5S. The summed E-state index contributed by atoms with van der Waals surface area (Å²) in [5.41, 5.74) is 0.693. The minimum atomic E-state index is -4.30. The maximum absolute atomic E-state index is 14.1. The summed E-state index contributed by atoms with van der Waals surface area (Å²) in [4.78, 5) is 28.7. The number of carbonyl (C=O) groups is 2. The summed E-state index contributed by atoms with van der Waals surface area (Å²) in [6, 6.07) is 16.6. The summed E-state index contributed by atoms with van der Waals surface area (Å²) < 4.78 is 48.0. The summed E-state index contributed by atoms with van der Waals surface area (Å²) in [6.07, 6.45) is 0.972. The van der Waals surface area contributed by atoms with Crippen molar-refractivity contribution < 1.29 is 27.1 Å². The Bertz CT molecular complexity index is 1450. The molecule has 2 atom stereocenters. The van der Waals surface area contributed by atoms with E-state index in [0.29, 0.717) is 29.4 Å². The first-order valence-corrected chi connectivity index (χ1v) is 15.7. The van der Waals surface area contributed by atoms with E-state index in [0.717, 1.165) is 16.4 Å². The van der Waals surface area contributed by atoms with Crippen molar-refractivity contribution in [1.82, 2.24) is 10.2 Å². The van der Waals surface area contributed by atoms with Crippen LogP contribution in [-0.4, -0.2) is 50.4 Å². The monoisotopic (exact) mass is 617 g/mol. The van der Waals surface area contributed by atoms with E-state index in [1.807, 2.05) is 20.8 Å². The fourth-order valence-electron chi connectivity index (χ4n) is 4.31. The number of hydrogen-bond donors (Lipinski definition) is 1. The van der Waals surface area contributed by atoms with Crippen LogP contribution in [0.3, 0.4) is 0 Å². The molecule has 0 saturated carbocycles. The first-order valence-electron chi connectivity index (χ1n) is 13.9. The Morgan fingerprint density at radius 1 is 0.952 bits per heavy atom. The van der Waals surface area contributed by atoms with Crippen LogP contribution in [0, 0.1) is 5.82 Å². The molecule has 0 radical (unpaired) electrons. The quantitative estimate of drug-likeness (QED) is 0.247. The van der Waals surface area contributed by atoms with Gasteiger partial charge in [0.05, 0.1) is 17.2 Å². The Kier molecular flexibility index (Phi) is 11.8. The number of halogens is 2. The minimum Gasteiger partial charge on any atom is -0.494 e. The molecule has 226 valence electrons. The van der Waals surface area contributed by atoms with Crippen LogP contribution < -0.4 is 14.4 Å². The standard InChI is InChI=1S/C31H37ClFN3O5S/c1-5-22(4)34-31(38)29(6-2)35(20-23-10-8-9-11-28(23)32)30(37)21-36(25-14-12-24(33)13-15-25)42(39,40)27-18-16-26(17-19-27)41-7-3/h8-19,22,29H,5-7,20-21H2,1-4H3,(H,34,38)/t22-,29-/m1/s1. The molecule has 0 unspecified atom stereocenters. The van der Waals surface area contributed by atoms with E-state index in [9.17, 15) is 22.4 Å². The molecule has 11 heteroatoms. The minimum absolute atomic E-state index is 0.0225. The highest BCUT2D eigenvalue weighted by atomic mass is 35.5. The number of amides is 2. The van der Waals surface area contributed by atoms with Crippen molar-refractivity contribution in [1.29, 1.82) is 0 Å². The van der Waals surface area contributed by atoms with Gasteiger partial charge in [0.15, 0.2) is 0 Å². The van der Waals surface area contributed by atoms with E-state index >= 15 is 0 Å². The Balaban J connectivity index is 2.06. The predicted octanol–water partition coefficient (Wildman–Crippen LogP) is 5.80. The van der Waals surface area contributed by atoms with Crippen molar-refractivity contribution in [2.24, 2.45) is 0 Å². The predicted molar refractivity (Wildman–Crippen MR) is 163 cm³/mol. The average molecular weight is 618 g/mol. The zero-order valence-corrected chi connectivity index (χ0v) is 25.8. The van der Waals surface area contributed by atoms with Gasteiger partial charge < -0.3 is 15.0 Å². The molecule has 0 aromatic heterocycles. The molecule has 0 aliphatic rings. The third kappa shape index (κ3) is 8.23. The Morgan fingerprint density at radius 2 is 1.60 bits per heavy atom. The lowest BCUT2D eigenvalue weighted by Crippen LogP contribution is -2.53. The number of carbonyl (C=O) groups excluding carboxylic acids is 2. The fourth-order valence-corrected chi connectivity index (χ4v) is 5.92. The van der Waals surface area contributed by atoms with Crippen LogP contribution in [0.25, 0.3) is 0 Å². The number of ether oxygens (including phenoxy) is 1. The lowest BCUT2D eigenvalue weighted by Gasteiger charge is -2.34. The van der Waals surface area contributed by atoms with E-state index in [1.165, 1.54) is 41.3 Å². The normalized spacial score (nSPS) is 12.7. The smallest absolute Gasteiger partial charge is 0.264 e. The van der Waals surface area contributed by atoms with Crippen molar-refractivity contribution >= 4 is 39.1 Å². The second-order valence-corrected chi connectivity index (χ2v) is 12.0. The molecule has 0 heterocycles. The number of nitrogens with zero attached hydrogens (tertiary/aromatic N) is 2. The Labute approximate surface area is 252 Å². The van der Waals surface area contributed by atoms with Gasteiger partial charge in [0, 0.05) is 17.6 Å². The van der Waals surface area contributed by atoms with Gasteiger partial charge in [-0.15, -0.1) is 0 Å². The van der Waals surface area contributed by atoms with E-state index in [1.54, 1.807) is 31.2 Å². The van der Waals surface area contributed by atoms with Gasteiger partial charge in [-0.3, -0.25) is 13.9 Å². The van der Waals surface area contributed by atoms with Gasteiger partial charge in [-0.05, 0) is 86.8 Å². The van der Waals surface area contributed by atoms with Crippen LogP contribution in [0.1, 0.15) is 46.1 Å². The van der Waals surface area contributed by atoms with Crippen molar-refractivity contribution in [3.05, 3.63) is 89.2 Å². The van der Waals surface area contributed by atoms with E-state index in [4.69, 9.17) is 16.3 Å². The van der Waals surface area contributed by atoms with Crippen molar-refractivity contribution in [3.63, 3.8) is 0 Å². The SMILES string of the molecule is CCOc1ccc(S(=O)(=O)N(CC(=O)N(Cc2ccccc2Cl)[C@H](CC)C(=O)N[C@H](C)CC)c2ccc(F)cc2)cc1. The third-order valence-corrected chi connectivity index (χ3v) is 8.96. The lowest BCUT2D eigenvalue weighted by atomic mass is 10.1. The molecule has 3 aromatic carbocycles. The topological polar surface area (TPSA) is 96.0 Å². The third-order valence-electron chi connectivity index (χ3n) is 6.80. The first kappa shape index (κ1) is 32.9. The van der Waals surface area contributed by atoms with Crippen LogP contribution in [0.5, 0.6) is 5.75 Å². The van der Waals surface area contributed by atoms with Crippen LogP contribution in [0.4, 0.5) is 10.1 Å². The van der Waals surface area contributed by atoms with Gasteiger partial charge in [0.2, 0.25) is 11.8 Å². The van der Waals surface area contributed by atoms with E-state index in [-0.39, 0.29) is 35.5 Å². The maximum Gasteiger partial charge on any atom is 0.264 e. The highest BCUT2D eigenvalue weighted by Gasteiger charge is 2.34. The first-order chi connectivity index (χ1) is 20.0. The summed E-state index contributed by atoms with van der Waals surface area (Å²) >= 11 is 6.42. The highest BCUT2D eigenvalue weighted by Crippen LogP contribution is 2.27. The number of sulfonamides is 1. The zero-order valence-electron chi connectivity index (χ0n) is 24.2. The molecule has 1 N–H and O–H groups in total. The van der Waals surface area contributed by atoms with Gasteiger partial charge in [-0.2, -0.15) is 0 Å². The molecule has 2 amide bonds. The number of rotatable bonds is 14. The van der Waals surface area contributed by atoms with Crippen LogP contribution in [0.2, 0.25) is 5.02 Å². The summed E-state index contributed by atoms with van der Waals surface area (Å²) in [5.74, 6) is -1.05. The van der Waals surface area contributed by atoms with Gasteiger partial charge in [0.1, 0.15) is 24.2 Å². The summed E-state index contributed by atoms with van der Waals surface area (Å²) in [7, 11) is -4.30. The average Bonchev–Trinajstić information content (AvgIpc) is 2.97. The van der Waals surface area contributed by atoms with E-state index < -0.39 is 34.3 Å². The van der Waals surface area contributed by atoms with Crippen molar-refractivity contribution in [2.75, 3.05) is 17.5 Å². The molecule has 3 rings (SSSR count). The largest absolute Gasteiger partial charge is 0.494 e. The van der Waals surface area contributed by atoms with E-state index in [2.05, 4.69) is 5.32 Å². The molecule has 0 aliphatic heterocycles. The second-order valence-electron chi connectivity index (χ2n) is 9.75. The molecule has 8 nitrogen and oxygen atoms in total. The number of hydrogen-bond acceptors (Lipinski definition) is 5. The second kappa shape index (κ2) is 15.0. The fraction of sp³-hybridized carbons (Fsp3) is 0.355. The number of nitrogens with one attached hydrogen (secondary N) is 1. The van der Waals surface area contributed by atoms with Gasteiger partial charge in [-0.25, -0.2) is 12.8 Å². The molecule has 42 heavy (non-hydrogen) atoms. The molecule has 0 bridgehead atoms. The molecule has 0 fully saturated rings. The lowest BCUT2D eigenvalue weighted by molar-refractivity contribution is -0.140. The van der Waals surface area contributed by atoms with Crippen molar-refractivity contribution in [3.8, 4) is 5.75 Å². The van der Waals surface area contributed by atoms with Crippen LogP contribution >= 0.6 is 11.6 Å². The van der Waals surface area contributed by atoms with Gasteiger partial charge in [0.25, 0.3) is 10.0 Å². The highest BCUT2D eigenvalue weighted by molar-refractivity contribution is 7.92. The van der Waals surface area contributed by atoms with Gasteiger partial charge in [-0.1, -0.05) is 43.6 Å². The molecule has 0 aliphatic carbocycles. The molecule has 3 aromatic rings. The molecule has 0 saturated heterocycles. The Morgan fingerprint density at radius 3 is 2.17 bits per heavy atom. The van der Waals surface area contributed by atoms with Gasteiger partial charge >= 0.3 is 0 Å². The summed E-state index contributed by atoms with van der Waals surface area (Å²) in [6.45, 7) is 7.14. The van der Waals surface area contributed by atoms with Crippen LogP contribution in [0.15, 0.2) is 77.7 Å². The number of benzene rings is 3. The maximum atomic E-state index is 14.1. The summed E-state index contributed by atoms with van der Waals surface area (Å²) in [5, 5.41) is 3.34.